The number of carbonyl (C=O) groups excluding carboxylic acids is 1. The van der Waals surface area contributed by atoms with Crippen molar-refractivity contribution in [3.63, 3.8) is 0 Å². The first-order valence-electron chi connectivity index (χ1n) is 11.6. The first-order chi connectivity index (χ1) is 17.8. The summed E-state index contributed by atoms with van der Waals surface area (Å²) in [5.74, 6) is -5.94. The Balaban J connectivity index is 1.74. The van der Waals surface area contributed by atoms with Gasteiger partial charge in [0.1, 0.15) is 6.04 Å². The molecule has 1 fully saturated rings. The van der Waals surface area contributed by atoms with Gasteiger partial charge in [0.2, 0.25) is 0 Å². The SMILES string of the molecule is CCOC(=O)C1=C(CN2CCO[C@@H](CCC(=O)O)C2)NC(c2nccs2)=N[C@H]1c1ccc(F)c(F)c1F. The van der Waals surface area contributed by atoms with E-state index in [-0.39, 0.29) is 42.6 Å². The van der Waals surface area contributed by atoms with E-state index in [1.165, 1.54) is 11.3 Å². The quantitative estimate of drug-likeness (QED) is 0.370. The summed E-state index contributed by atoms with van der Waals surface area (Å²) in [4.78, 5) is 34.8. The van der Waals surface area contributed by atoms with Gasteiger partial charge in [-0.25, -0.2) is 22.9 Å². The average Bonchev–Trinajstić information content (AvgIpc) is 3.41. The number of nitrogens with zero attached hydrogens (tertiary/aromatic N) is 3. The minimum atomic E-state index is -1.67. The van der Waals surface area contributed by atoms with Crippen molar-refractivity contribution in [1.29, 1.82) is 0 Å². The minimum absolute atomic E-state index is 0.0282. The predicted molar refractivity (Wildman–Crippen MR) is 128 cm³/mol. The molecule has 0 unspecified atom stereocenters. The van der Waals surface area contributed by atoms with Crippen molar-refractivity contribution < 1.29 is 37.3 Å². The number of morpholine rings is 1. The lowest BCUT2D eigenvalue weighted by Crippen LogP contribution is -2.46. The molecule has 1 saturated heterocycles. The number of carboxylic acids is 1. The number of carboxylic acid groups (broad SMARTS) is 1. The van der Waals surface area contributed by atoms with Crippen molar-refractivity contribution >= 4 is 29.1 Å². The molecule has 37 heavy (non-hydrogen) atoms. The zero-order valence-electron chi connectivity index (χ0n) is 19.9. The molecule has 2 aromatic rings. The largest absolute Gasteiger partial charge is 0.481 e. The molecule has 2 atom stereocenters. The number of amidine groups is 1. The summed E-state index contributed by atoms with van der Waals surface area (Å²) in [5, 5.41) is 14.3. The van der Waals surface area contributed by atoms with Gasteiger partial charge in [-0.05, 0) is 19.4 Å². The molecule has 0 radical (unpaired) electrons. The van der Waals surface area contributed by atoms with Gasteiger partial charge >= 0.3 is 11.9 Å². The number of aliphatic carboxylic acids is 1. The van der Waals surface area contributed by atoms with E-state index in [0.29, 0.717) is 36.8 Å². The van der Waals surface area contributed by atoms with E-state index >= 15 is 0 Å². The highest BCUT2D eigenvalue weighted by Gasteiger charge is 2.36. The Morgan fingerprint density at radius 2 is 2.11 bits per heavy atom. The third kappa shape index (κ3) is 6.17. The van der Waals surface area contributed by atoms with Gasteiger partial charge in [0.15, 0.2) is 28.3 Å². The van der Waals surface area contributed by atoms with Crippen LogP contribution >= 0.6 is 11.3 Å². The Kier molecular flexibility index (Phi) is 8.56. The van der Waals surface area contributed by atoms with Gasteiger partial charge in [-0.15, -0.1) is 11.3 Å². The molecule has 2 aliphatic rings. The molecule has 0 amide bonds. The molecule has 0 spiro atoms. The number of benzene rings is 1. The van der Waals surface area contributed by atoms with E-state index in [2.05, 4.69) is 15.3 Å². The molecular weight excluding hydrogens is 513 g/mol. The van der Waals surface area contributed by atoms with Gasteiger partial charge in [0.05, 0.1) is 24.9 Å². The van der Waals surface area contributed by atoms with Gasteiger partial charge in [-0.2, -0.15) is 0 Å². The second kappa shape index (κ2) is 11.8. The van der Waals surface area contributed by atoms with Crippen LogP contribution in [0.3, 0.4) is 0 Å². The van der Waals surface area contributed by atoms with Crippen molar-refractivity contribution in [1.82, 2.24) is 15.2 Å². The molecule has 2 aliphatic heterocycles. The summed E-state index contributed by atoms with van der Waals surface area (Å²) in [6.07, 6.45) is 1.49. The highest BCUT2D eigenvalue weighted by Crippen LogP contribution is 2.35. The molecule has 198 valence electrons. The summed E-state index contributed by atoms with van der Waals surface area (Å²) >= 11 is 1.25. The number of esters is 1. The second-order valence-corrected chi connectivity index (χ2v) is 9.27. The molecule has 9 nitrogen and oxygen atoms in total. The molecule has 3 heterocycles. The molecule has 1 aromatic heterocycles. The number of aliphatic imine (C=N–C) groups is 1. The molecule has 2 N–H and O–H groups in total. The fraction of sp³-hybridized carbons (Fsp3) is 0.417. The van der Waals surface area contributed by atoms with Gasteiger partial charge in [-0.3, -0.25) is 14.7 Å². The summed E-state index contributed by atoms with van der Waals surface area (Å²) in [7, 11) is 0. The number of halogens is 3. The molecule has 1 aromatic carbocycles. The van der Waals surface area contributed by atoms with Gasteiger partial charge in [-0.1, -0.05) is 6.07 Å². The Morgan fingerprint density at radius 3 is 2.81 bits per heavy atom. The van der Waals surface area contributed by atoms with Crippen molar-refractivity contribution in [2.24, 2.45) is 4.99 Å². The van der Waals surface area contributed by atoms with Crippen LogP contribution in [-0.4, -0.2) is 71.7 Å². The Morgan fingerprint density at radius 1 is 1.30 bits per heavy atom. The molecular formula is C24H25F3N4O5S. The van der Waals surface area contributed by atoms with E-state index < -0.39 is 35.4 Å². The minimum Gasteiger partial charge on any atom is -0.481 e. The monoisotopic (exact) mass is 538 g/mol. The Hall–Kier alpha value is -3.29. The molecule has 0 aliphatic carbocycles. The van der Waals surface area contributed by atoms with E-state index in [1.807, 2.05) is 4.90 Å². The number of carbonyl (C=O) groups is 2. The number of aromatic nitrogens is 1. The fourth-order valence-electron chi connectivity index (χ4n) is 4.20. The van der Waals surface area contributed by atoms with Gasteiger partial charge in [0.25, 0.3) is 0 Å². The molecule has 0 bridgehead atoms. The lowest BCUT2D eigenvalue weighted by atomic mass is 9.94. The third-order valence-corrected chi connectivity index (χ3v) is 6.68. The highest BCUT2D eigenvalue weighted by molar-refractivity contribution is 7.11. The average molecular weight is 539 g/mol. The zero-order valence-corrected chi connectivity index (χ0v) is 20.7. The van der Waals surface area contributed by atoms with Crippen LogP contribution in [0.1, 0.15) is 36.4 Å². The van der Waals surface area contributed by atoms with E-state index in [0.717, 1.165) is 12.1 Å². The van der Waals surface area contributed by atoms with Crippen molar-refractivity contribution in [3.05, 3.63) is 63.0 Å². The standard InChI is InChI=1S/C24H25F3N4O5S/c1-2-35-24(34)18-16(12-31-8-9-36-13(11-31)3-6-17(32)33)29-22(23-28-7-10-37-23)30-21(18)14-4-5-15(25)20(27)19(14)26/h4-5,7,10,13,21H,2-3,6,8-9,11-12H2,1H3,(H,29,30)(H,32,33)/t13-,21-/m0/s1. The lowest BCUT2D eigenvalue weighted by molar-refractivity contribution is -0.139. The second-order valence-electron chi connectivity index (χ2n) is 8.38. The van der Waals surface area contributed by atoms with Gasteiger partial charge < -0.3 is 19.9 Å². The summed E-state index contributed by atoms with van der Waals surface area (Å²) < 4.78 is 53.8. The van der Waals surface area contributed by atoms with Crippen LogP contribution in [0.25, 0.3) is 0 Å². The number of hydrogen-bond acceptors (Lipinski definition) is 9. The first kappa shape index (κ1) is 26.8. The summed E-state index contributed by atoms with van der Waals surface area (Å²) in [6.45, 7) is 3.02. The third-order valence-electron chi connectivity index (χ3n) is 5.90. The normalized spacial score (nSPS) is 20.4. The predicted octanol–water partition coefficient (Wildman–Crippen LogP) is 3.03. The molecule has 13 heteroatoms. The van der Waals surface area contributed by atoms with E-state index in [1.54, 1.807) is 18.5 Å². The molecule has 0 saturated carbocycles. The van der Waals surface area contributed by atoms with E-state index in [4.69, 9.17) is 14.6 Å². The maximum atomic E-state index is 15.0. The van der Waals surface area contributed by atoms with Crippen LogP contribution < -0.4 is 5.32 Å². The molecule has 4 rings (SSSR count). The topological polar surface area (TPSA) is 113 Å². The van der Waals surface area contributed by atoms with Crippen LogP contribution in [0, 0.1) is 17.5 Å². The maximum Gasteiger partial charge on any atom is 0.338 e. The Bertz CT molecular complexity index is 1220. The highest BCUT2D eigenvalue weighted by atomic mass is 32.1. The number of rotatable bonds is 9. The van der Waals surface area contributed by atoms with Crippen molar-refractivity contribution in [2.75, 3.05) is 32.8 Å². The summed E-state index contributed by atoms with van der Waals surface area (Å²) in [5.41, 5.74) is -0.0244. The Labute approximate surface area is 214 Å². The maximum absolute atomic E-state index is 15.0. The van der Waals surface area contributed by atoms with E-state index in [9.17, 15) is 22.8 Å². The zero-order chi connectivity index (χ0) is 26.5. The van der Waals surface area contributed by atoms with Crippen LogP contribution in [-0.2, 0) is 19.1 Å². The van der Waals surface area contributed by atoms with Gasteiger partial charge in [0, 0.05) is 48.9 Å². The number of thiazole rings is 1. The first-order valence-corrected chi connectivity index (χ1v) is 12.5. The van der Waals surface area contributed by atoms with Crippen molar-refractivity contribution in [3.8, 4) is 0 Å². The van der Waals surface area contributed by atoms with Crippen LogP contribution in [0.2, 0.25) is 0 Å². The fourth-order valence-corrected chi connectivity index (χ4v) is 4.79. The van der Waals surface area contributed by atoms with Crippen LogP contribution in [0.4, 0.5) is 13.2 Å². The smallest absolute Gasteiger partial charge is 0.338 e. The van der Waals surface area contributed by atoms with Crippen LogP contribution in [0.15, 0.2) is 40.0 Å². The summed E-state index contributed by atoms with van der Waals surface area (Å²) in [6, 6.07) is 0.514. The van der Waals surface area contributed by atoms with Crippen molar-refractivity contribution in [2.45, 2.75) is 31.9 Å². The van der Waals surface area contributed by atoms with Crippen LogP contribution in [0.5, 0.6) is 0 Å². The number of ether oxygens (including phenoxy) is 2. The number of hydrogen-bond donors (Lipinski definition) is 2. The lowest BCUT2D eigenvalue weighted by Gasteiger charge is -2.35. The number of nitrogens with one attached hydrogen (secondary N) is 1.